The summed E-state index contributed by atoms with van der Waals surface area (Å²) in [5, 5.41) is 3.52. The van der Waals surface area contributed by atoms with Crippen LogP contribution in [0, 0.1) is 5.92 Å². The van der Waals surface area contributed by atoms with Gasteiger partial charge in [-0.1, -0.05) is 31.5 Å². The van der Waals surface area contributed by atoms with E-state index >= 15 is 0 Å². The summed E-state index contributed by atoms with van der Waals surface area (Å²) in [6.45, 7) is 2.97. The van der Waals surface area contributed by atoms with Crippen LogP contribution in [0.25, 0.3) is 0 Å². The molecule has 5 heteroatoms. The SMILES string of the molecule is CC1CCCCC1NCc1ccc(CSC(F)F)o1. The first kappa shape index (κ1) is 14.9. The normalized spacial score (nSPS) is 24.0. The number of halogens is 2. The maximum atomic E-state index is 12.1. The van der Waals surface area contributed by atoms with Crippen molar-refractivity contribution in [2.45, 2.75) is 56.7 Å². The average molecular weight is 289 g/mol. The molecule has 2 rings (SSSR count). The van der Waals surface area contributed by atoms with E-state index in [4.69, 9.17) is 4.42 Å². The highest BCUT2D eigenvalue weighted by Gasteiger charge is 2.20. The van der Waals surface area contributed by atoms with E-state index in [0.29, 0.717) is 36.0 Å². The van der Waals surface area contributed by atoms with Gasteiger partial charge in [-0.25, -0.2) is 0 Å². The van der Waals surface area contributed by atoms with Gasteiger partial charge in [0.15, 0.2) is 0 Å². The second-order valence-electron chi connectivity index (χ2n) is 5.19. The fourth-order valence-corrected chi connectivity index (χ4v) is 3.04. The number of hydrogen-bond acceptors (Lipinski definition) is 3. The van der Waals surface area contributed by atoms with Gasteiger partial charge in [0.2, 0.25) is 0 Å². The molecule has 108 valence electrons. The van der Waals surface area contributed by atoms with Crippen LogP contribution < -0.4 is 5.32 Å². The molecular weight excluding hydrogens is 268 g/mol. The largest absolute Gasteiger partial charge is 0.464 e. The fourth-order valence-electron chi connectivity index (χ4n) is 2.59. The summed E-state index contributed by atoms with van der Waals surface area (Å²) < 4.78 is 29.7. The predicted octanol–water partition coefficient (Wildman–Crippen LogP) is 4.40. The summed E-state index contributed by atoms with van der Waals surface area (Å²) in [5.41, 5.74) is 0. The fraction of sp³-hybridized carbons (Fsp3) is 0.714. The smallest absolute Gasteiger partial charge is 0.284 e. The van der Waals surface area contributed by atoms with Crippen molar-refractivity contribution < 1.29 is 13.2 Å². The van der Waals surface area contributed by atoms with Crippen molar-refractivity contribution in [2.75, 3.05) is 0 Å². The standard InChI is InChI=1S/C14H21F2NOS/c1-10-4-2-3-5-13(10)17-8-11-6-7-12(18-11)9-19-14(15)16/h6-7,10,13-14,17H,2-5,8-9H2,1H3. The van der Waals surface area contributed by atoms with Gasteiger partial charge in [0.05, 0.1) is 12.3 Å². The van der Waals surface area contributed by atoms with E-state index in [2.05, 4.69) is 12.2 Å². The summed E-state index contributed by atoms with van der Waals surface area (Å²) in [6, 6.07) is 4.22. The van der Waals surface area contributed by atoms with Gasteiger partial charge < -0.3 is 9.73 Å². The summed E-state index contributed by atoms with van der Waals surface area (Å²) in [4.78, 5) is 0. The number of hydrogen-bond donors (Lipinski definition) is 1. The maximum absolute atomic E-state index is 12.1. The minimum Gasteiger partial charge on any atom is -0.464 e. The monoisotopic (exact) mass is 289 g/mol. The molecule has 1 aliphatic carbocycles. The van der Waals surface area contributed by atoms with Crippen molar-refractivity contribution in [3.05, 3.63) is 23.7 Å². The van der Waals surface area contributed by atoms with E-state index in [1.54, 1.807) is 6.07 Å². The highest BCUT2D eigenvalue weighted by atomic mass is 32.2. The lowest BCUT2D eigenvalue weighted by Crippen LogP contribution is -2.36. The van der Waals surface area contributed by atoms with Crippen LogP contribution >= 0.6 is 11.8 Å². The molecule has 2 nitrogen and oxygen atoms in total. The number of rotatable bonds is 6. The Kier molecular flexibility index (Phi) is 5.70. The molecule has 0 radical (unpaired) electrons. The molecule has 0 aromatic carbocycles. The highest BCUT2D eigenvalue weighted by molar-refractivity contribution is 7.98. The van der Waals surface area contributed by atoms with E-state index in [1.165, 1.54) is 25.7 Å². The Morgan fingerprint density at radius 3 is 2.79 bits per heavy atom. The van der Waals surface area contributed by atoms with Gasteiger partial charge in [-0.15, -0.1) is 0 Å². The molecule has 1 heterocycles. The lowest BCUT2D eigenvalue weighted by molar-refractivity contribution is 0.251. The number of alkyl halides is 2. The lowest BCUT2D eigenvalue weighted by Gasteiger charge is -2.29. The molecule has 0 saturated heterocycles. The average Bonchev–Trinajstić information content (AvgIpc) is 2.83. The van der Waals surface area contributed by atoms with Gasteiger partial charge in [-0.3, -0.25) is 0 Å². The number of thioether (sulfide) groups is 1. The van der Waals surface area contributed by atoms with Crippen molar-refractivity contribution in [3.8, 4) is 0 Å². The quantitative estimate of drug-likeness (QED) is 0.840. The summed E-state index contributed by atoms with van der Waals surface area (Å²) in [6.07, 6.45) is 5.12. The zero-order valence-corrected chi connectivity index (χ0v) is 12.0. The van der Waals surface area contributed by atoms with Gasteiger partial charge in [-0.2, -0.15) is 8.78 Å². The van der Waals surface area contributed by atoms with E-state index in [1.807, 2.05) is 6.07 Å². The van der Waals surface area contributed by atoms with E-state index in [-0.39, 0.29) is 5.75 Å². The Hall–Kier alpha value is -0.550. The molecule has 1 fully saturated rings. The summed E-state index contributed by atoms with van der Waals surface area (Å²) in [7, 11) is 0. The molecule has 1 saturated carbocycles. The highest BCUT2D eigenvalue weighted by Crippen LogP contribution is 2.25. The second-order valence-corrected chi connectivity index (χ2v) is 6.17. The van der Waals surface area contributed by atoms with Crippen molar-refractivity contribution >= 4 is 11.8 Å². The molecule has 19 heavy (non-hydrogen) atoms. The third kappa shape index (κ3) is 4.80. The molecular formula is C14H21F2NOS. The van der Waals surface area contributed by atoms with Crippen LogP contribution in [0.15, 0.2) is 16.5 Å². The zero-order chi connectivity index (χ0) is 13.7. The Bertz CT molecular complexity index is 383. The zero-order valence-electron chi connectivity index (χ0n) is 11.2. The van der Waals surface area contributed by atoms with Gasteiger partial charge in [0.25, 0.3) is 5.76 Å². The molecule has 0 spiro atoms. The molecule has 2 atom stereocenters. The van der Waals surface area contributed by atoms with Crippen LogP contribution in [0.4, 0.5) is 8.78 Å². The van der Waals surface area contributed by atoms with Gasteiger partial charge in [-0.05, 0) is 30.9 Å². The number of furan rings is 1. The van der Waals surface area contributed by atoms with Gasteiger partial charge >= 0.3 is 0 Å². The maximum Gasteiger partial charge on any atom is 0.284 e. The molecule has 2 unspecified atom stereocenters. The van der Waals surface area contributed by atoms with E-state index in [0.717, 1.165) is 5.76 Å². The first-order valence-electron chi connectivity index (χ1n) is 6.86. The third-order valence-corrected chi connectivity index (χ3v) is 4.42. The Balaban J connectivity index is 1.76. The Morgan fingerprint density at radius 2 is 2.05 bits per heavy atom. The van der Waals surface area contributed by atoms with E-state index in [9.17, 15) is 8.78 Å². The predicted molar refractivity (Wildman–Crippen MR) is 74.3 cm³/mol. The Labute approximate surface area is 117 Å². The first-order valence-corrected chi connectivity index (χ1v) is 7.91. The van der Waals surface area contributed by atoms with E-state index < -0.39 is 5.76 Å². The lowest BCUT2D eigenvalue weighted by atomic mass is 9.86. The van der Waals surface area contributed by atoms with Crippen LogP contribution in [0.2, 0.25) is 0 Å². The van der Waals surface area contributed by atoms with Crippen LogP contribution in [0.3, 0.4) is 0 Å². The van der Waals surface area contributed by atoms with Gasteiger partial charge in [0.1, 0.15) is 11.5 Å². The van der Waals surface area contributed by atoms with Crippen LogP contribution in [0.5, 0.6) is 0 Å². The van der Waals surface area contributed by atoms with Crippen molar-refractivity contribution in [3.63, 3.8) is 0 Å². The van der Waals surface area contributed by atoms with Crippen LogP contribution in [-0.4, -0.2) is 11.8 Å². The molecule has 0 bridgehead atoms. The first-order chi connectivity index (χ1) is 9.15. The minimum atomic E-state index is -2.34. The molecule has 1 N–H and O–H groups in total. The van der Waals surface area contributed by atoms with Gasteiger partial charge in [0, 0.05) is 6.04 Å². The molecule has 1 aromatic heterocycles. The molecule has 0 aliphatic heterocycles. The van der Waals surface area contributed by atoms with Crippen molar-refractivity contribution in [2.24, 2.45) is 5.92 Å². The van der Waals surface area contributed by atoms with Crippen molar-refractivity contribution in [1.29, 1.82) is 0 Å². The third-order valence-electron chi connectivity index (χ3n) is 3.72. The number of nitrogens with one attached hydrogen (secondary N) is 1. The van der Waals surface area contributed by atoms with Crippen LogP contribution in [-0.2, 0) is 12.3 Å². The minimum absolute atomic E-state index is 0.234. The molecule has 1 aliphatic rings. The molecule has 1 aromatic rings. The Morgan fingerprint density at radius 1 is 1.32 bits per heavy atom. The summed E-state index contributed by atoms with van der Waals surface area (Å²) in [5.74, 6) is 0.0612. The van der Waals surface area contributed by atoms with Crippen LogP contribution in [0.1, 0.15) is 44.1 Å². The summed E-state index contributed by atoms with van der Waals surface area (Å²) >= 11 is 0.597. The molecule has 0 amide bonds. The van der Waals surface area contributed by atoms with Crippen molar-refractivity contribution in [1.82, 2.24) is 5.32 Å². The topological polar surface area (TPSA) is 25.2 Å². The second kappa shape index (κ2) is 7.29.